The van der Waals surface area contributed by atoms with Crippen LogP contribution in [0.25, 0.3) is 0 Å². The van der Waals surface area contributed by atoms with E-state index in [0.717, 1.165) is 23.8 Å². The summed E-state index contributed by atoms with van der Waals surface area (Å²) in [6.07, 6.45) is 1.92. The van der Waals surface area contributed by atoms with E-state index < -0.39 is 10.0 Å². The third kappa shape index (κ3) is 5.65. The monoisotopic (exact) mass is 415 g/mol. The highest BCUT2D eigenvalue weighted by atomic mass is 32.2. The molecular formula is C21H25N3O4S. The van der Waals surface area contributed by atoms with Crippen LogP contribution in [0.1, 0.15) is 26.3 Å². The highest BCUT2D eigenvalue weighted by molar-refractivity contribution is 7.92. The minimum atomic E-state index is -3.35. The summed E-state index contributed by atoms with van der Waals surface area (Å²) in [6, 6.07) is 14.0. The number of anilines is 1. The van der Waals surface area contributed by atoms with E-state index in [0.29, 0.717) is 30.9 Å². The van der Waals surface area contributed by atoms with Gasteiger partial charge in [-0.25, -0.2) is 8.42 Å². The summed E-state index contributed by atoms with van der Waals surface area (Å²) in [5, 5.41) is 0. The zero-order valence-corrected chi connectivity index (χ0v) is 17.4. The summed E-state index contributed by atoms with van der Waals surface area (Å²) < 4.78 is 24.9. The van der Waals surface area contributed by atoms with Crippen molar-refractivity contribution < 1.29 is 18.0 Å². The molecule has 0 aliphatic carbocycles. The number of carbonyl (C=O) groups is 2. The molecule has 0 atom stereocenters. The lowest BCUT2D eigenvalue weighted by Gasteiger charge is -2.30. The Hall–Kier alpha value is -2.71. The molecular weight excluding hydrogens is 390 g/mol. The molecule has 2 aromatic rings. The van der Waals surface area contributed by atoms with Gasteiger partial charge in [0.25, 0.3) is 5.91 Å². The highest BCUT2D eigenvalue weighted by Gasteiger charge is 2.23. The second-order valence-electron chi connectivity index (χ2n) is 7.31. The van der Waals surface area contributed by atoms with Crippen LogP contribution in [0.15, 0.2) is 48.5 Å². The van der Waals surface area contributed by atoms with Crippen LogP contribution in [0.3, 0.4) is 0 Å². The molecule has 0 aromatic heterocycles. The summed E-state index contributed by atoms with van der Waals surface area (Å²) in [7, 11) is -1.50. The van der Waals surface area contributed by atoms with Gasteiger partial charge in [-0.15, -0.1) is 0 Å². The summed E-state index contributed by atoms with van der Waals surface area (Å²) in [5.41, 5.74) is 2.78. The first kappa shape index (κ1) is 21.0. The number of Topliss-reactive ketones (excluding diaryl/α,β-unsaturated/α-hetero) is 1. The molecule has 29 heavy (non-hydrogen) atoms. The molecule has 0 radical (unpaired) electrons. The molecule has 0 bridgehead atoms. The molecule has 0 spiro atoms. The number of rotatable bonds is 8. The predicted octanol–water partition coefficient (Wildman–Crippen LogP) is 1.87. The van der Waals surface area contributed by atoms with Crippen LogP contribution < -0.4 is 4.72 Å². The predicted molar refractivity (Wildman–Crippen MR) is 113 cm³/mol. The van der Waals surface area contributed by atoms with Crippen LogP contribution in [-0.2, 0) is 16.4 Å². The third-order valence-electron chi connectivity index (χ3n) is 4.86. The molecule has 1 aliphatic rings. The maximum atomic E-state index is 12.6. The van der Waals surface area contributed by atoms with E-state index in [2.05, 4.69) is 4.72 Å². The number of carbonyl (C=O) groups excluding carboxylic acids is 2. The maximum Gasteiger partial charge on any atom is 0.254 e. The molecule has 0 unspecified atom stereocenters. The Morgan fingerprint density at radius 2 is 1.83 bits per heavy atom. The molecule has 7 nitrogen and oxygen atoms in total. The van der Waals surface area contributed by atoms with Gasteiger partial charge in [-0.05, 0) is 49.4 Å². The average molecular weight is 416 g/mol. The van der Waals surface area contributed by atoms with E-state index in [9.17, 15) is 18.0 Å². The van der Waals surface area contributed by atoms with Crippen LogP contribution >= 0.6 is 0 Å². The Kier molecular flexibility index (Phi) is 6.34. The minimum absolute atomic E-state index is 0.0422. The third-order valence-corrected chi connectivity index (χ3v) is 5.47. The first-order valence-corrected chi connectivity index (χ1v) is 11.3. The van der Waals surface area contributed by atoms with Crippen LogP contribution in [-0.4, -0.2) is 69.4 Å². The fourth-order valence-electron chi connectivity index (χ4n) is 3.33. The number of hydrogen-bond acceptors (Lipinski definition) is 5. The average Bonchev–Trinajstić information content (AvgIpc) is 2.67. The molecule has 1 heterocycles. The Bertz CT molecular complexity index is 1000. The Morgan fingerprint density at radius 3 is 2.52 bits per heavy atom. The molecule has 3 rings (SSSR count). The second-order valence-corrected chi connectivity index (χ2v) is 9.06. The molecule has 1 aliphatic heterocycles. The van der Waals surface area contributed by atoms with Gasteiger partial charge >= 0.3 is 0 Å². The number of likely N-dealkylation sites (N-methyl/N-ethyl adjacent to an activating group) is 1. The Labute approximate surface area is 171 Å². The van der Waals surface area contributed by atoms with Crippen LogP contribution in [0.4, 0.5) is 5.69 Å². The van der Waals surface area contributed by atoms with Crippen molar-refractivity contribution in [3.05, 3.63) is 65.2 Å². The number of hydrogen-bond donors (Lipinski definition) is 1. The largest absolute Gasteiger partial charge is 0.337 e. The lowest BCUT2D eigenvalue weighted by molar-refractivity contribution is 0.0722. The first-order valence-electron chi connectivity index (χ1n) is 9.40. The van der Waals surface area contributed by atoms with Gasteiger partial charge in [-0.2, -0.15) is 0 Å². The number of nitrogens with one attached hydrogen (secondary N) is 1. The molecule has 1 N–H and O–H groups in total. The second kappa shape index (κ2) is 8.75. The maximum absolute atomic E-state index is 12.6. The number of ketones is 1. The summed E-state index contributed by atoms with van der Waals surface area (Å²) in [6.45, 7) is 2.06. The van der Waals surface area contributed by atoms with Crippen molar-refractivity contribution in [2.75, 3.05) is 44.2 Å². The fourth-order valence-corrected chi connectivity index (χ4v) is 3.90. The van der Waals surface area contributed by atoms with Gasteiger partial charge < -0.3 is 4.90 Å². The van der Waals surface area contributed by atoms with Gasteiger partial charge in [-0.3, -0.25) is 19.2 Å². The van der Waals surface area contributed by atoms with Crippen molar-refractivity contribution in [3.8, 4) is 0 Å². The van der Waals surface area contributed by atoms with Crippen molar-refractivity contribution in [2.24, 2.45) is 0 Å². The number of nitrogens with zero attached hydrogens (tertiary/aromatic N) is 2. The van der Waals surface area contributed by atoms with Crippen molar-refractivity contribution in [3.63, 3.8) is 0 Å². The zero-order valence-electron chi connectivity index (χ0n) is 16.6. The smallest absolute Gasteiger partial charge is 0.254 e. The van der Waals surface area contributed by atoms with Crippen LogP contribution in [0, 0.1) is 0 Å². The highest BCUT2D eigenvalue weighted by Crippen LogP contribution is 2.18. The van der Waals surface area contributed by atoms with Gasteiger partial charge in [0.2, 0.25) is 10.0 Å². The normalized spacial score (nSPS) is 14.0. The lowest BCUT2D eigenvalue weighted by atomic mass is 9.99. The summed E-state index contributed by atoms with van der Waals surface area (Å²) in [5.74, 6) is -0.0192. The summed E-state index contributed by atoms with van der Waals surface area (Å²) in [4.78, 5) is 28.8. The molecule has 154 valence electrons. The van der Waals surface area contributed by atoms with Crippen molar-refractivity contribution in [1.29, 1.82) is 0 Å². The SMILES string of the molecule is CN(CCN1CCc2ccccc2C1=O)CC(=O)c1ccc(NS(C)(=O)=O)cc1. The lowest BCUT2D eigenvalue weighted by Crippen LogP contribution is -2.42. The number of benzene rings is 2. The van der Waals surface area contributed by atoms with E-state index in [-0.39, 0.29) is 18.2 Å². The number of fused-ring (bicyclic) bond motifs is 1. The molecule has 0 fully saturated rings. The van der Waals surface area contributed by atoms with Gasteiger partial charge in [0.15, 0.2) is 5.78 Å². The van der Waals surface area contributed by atoms with Gasteiger partial charge in [0, 0.05) is 36.4 Å². The van der Waals surface area contributed by atoms with Crippen LogP contribution in [0.5, 0.6) is 0 Å². The molecule has 2 aromatic carbocycles. The van der Waals surface area contributed by atoms with E-state index in [1.165, 1.54) is 0 Å². The van der Waals surface area contributed by atoms with E-state index in [4.69, 9.17) is 0 Å². The van der Waals surface area contributed by atoms with Gasteiger partial charge in [0.05, 0.1) is 12.8 Å². The first-order chi connectivity index (χ1) is 13.7. The molecule has 8 heteroatoms. The minimum Gasteiger partial charge on any atom is -0.337 e. The zero-order chi connectivity index (χ0) is 21.0. The topological polar surface area (TPSA) is 86.8 Å². The number of sulfonamides is 1. The van der Waals surface area contributed by atoms with Crippen molar-refractivity contribution in [1.82, 2.24) is 9.80 Å². The quantitative estimate of drug-likeness (QED) is 0.665. The van der Waals surface area contributed by atoms with E-state index >= 15 is 0 Å². The number of amides is 1. The van der Waals surface area contributed by atoms with Crippen molar-refractivity contribution >= 4 is 27.4 Å². The molecule has 1 amide bonds. The van der Waals surface area contributed by atoms with Gasteiger partial charge in [-0.1, -0.05) is 18.2 Å². The fraction of sp³-hybridized carbons (Fsp3) is 0.333. The standard InChI is InChI=1S/C21H25N3O4S/c1-23(13-14-24-12-11-16-5-3-4-6-19(16)21(24)26)15-20(25)17-7-9-18(10-8-17)22-29(2,27)28/h3-10,22H,11-15H2,1-2H3. The Morgan fingerprint density at radius 1 is 1.14 bits per heavy atom. The summed E-state index contributed by atoms with van der Waals surface area (Å²) >= 11 is 0. The van der Waals surface area contributed by atoms with E-state index in [1.807, 2.05) is 41.1 Å². The molecule has 0 saturated carbocycles. The van der Waals surface area contributed by atoms with E-state index in [1.54, 1.807) is 24.3 Å². The molecule has 0 saturated heterocycles. The van der Waals surface area contributed by atoms with Crippen molar-refractivity contribution in [2.45, 2.75) is 6.42 Å². The van der Waals surface area contributed by atoms with Gasteiger partial charge in [0.1, 0.15) is 0 Å². The Balaban J connectivity index is 1.51. The van der Waals surface area contributed by atoms with Crippen LogP contribution in [0.2, 0.25) is 0 Å².